The first-order valence-corrected chi connectivity index (χ1v) is 3.82. The molecule has 0 heterocycles. The van der Waals surface area contributed by atoms with Crippen molar-refractivity contribution in [3.63, 3.8) is 0 Å². The fourth-order valence-electron chi connectivity index (χ4n) is 1.36. The van der Waals surface area contributed by atoms with E-state index in [9.17, 15) is 4.79 Å². The maximum Gasteiger partial charge on any atom is 0.333 e. The van der Waals surface area contributed by atoms with Gasteiger partial charge in [0, 0.05) is 5.70 Å². The lowest BCUT2D eigenvalue weighted by Crippen LogP contribution is -2.18. The van der Waals surface area contributed by atoms with Crippen LogP contribution in [0.4, 0.5) is 0 Å². The molecule has 1 aliphatic carbocycles. The van der Waals surface area contributed by atoms with Gasteiger partial charge in [-0.15, -0.1) is 0 Å². The quantitative estimate of drug-likeness (QED) is 0.596. The first-order chi connectivity index (χ1) is 5.11. The zero-order chi connectivity index (χ0) is 8.43. The summed E-state index contributed by atoms with van der Waals surface area (Å²) < 4.78 is 0. The summed E-state index contributed by atoms with van der Waals surface area (Å²) in [6, 6.07) is 0. The van der Waals surface area contributed by atoms with Gasteiger partial charge in [-0.25, -0.2) is 4.79 Å². The largest absolute Gasteiger partial charge is 0.478 e. The second-order valence-corrected chi connectivity index (χ2v) is 3.16. The minimum atomic E-state index is -0.853. The third-order valence-electron chi connectivity index (χ3n) is 2.10. The predicted molar refractivity (Wildman–Crippen MR) is 41.9 cm³/mol. The van der Waals surface area contributed by atoms with E-state index in [1.165, 1.54) is 0 Å². The van der Waals surface area contributed by atoms with E-state index in [0.29, 0.717) is 23.6 Å². The molecule has 3 nitrogen and oxygen atoms in total. The lowest BCUT2D eigenvalue weighted by atomic mass is 9.88. The zero-order valence-electron chi connectivity index (χ0n) is 6.63. The van der Waals surface area contributed by atoms with Crippen LogP contribution in [-0.2, 0) is 4.79 Å². The summed E-state index contributed by atoms with van der Waals surface area (Å²) in [5.74, 6) is -0.387. The molecule has 62 valence electrons. The summed E-state index contributed by atoms with van der Waals surface area (Å²) in [5, 5.41) is 8.69. The van der Waals surface area contributed by atoms with Gasteiger partial charge in [-0.2, -0.15) is 0 Å². The third kappa shape index (κ3) is 1.73. The molecule has 3 N–H and O–H groups in total. The van der Waals surface area contributed by atoms with Crippen LogP contribution in [0, 0.1) is 5.92 Å². The fourth-order valence-corrected chi connectivity index (χ4v) is 1.36. The van der Waals surface area contributed by atoms with Crippen LogP contribution in [0.2, 0.25) is 0 Å². The van der Waals surface area contributed by atoms with Gasteiger partial charge >= 0.3 is 5.97 Å². The Morgan fingerprint density at radius 2 is 2.36 bits per heavy atom. The van der Waals surface area contributed by atoms with Crippen molar-refractivity contribution in [3.8, 4) is 0 Å². The number of aliphatic carboxylic acids is 1. The monoisotopic (exact) mass is 155 g/mol. The number of hydrogen-bond donors (Lipinski definition) is 2. The molecular weight excluding hydrogens is 142 g/mol. The van der Waals surface area contributed by atoms with Gasteiger partial charge in [-0.1, -0.05) is 6.92 Å². The van der Waals surface area contributed by atoms with Crippen molar-refractivity contribution in [1.82, 2.24) is 0 Å². The topological polar surface area (TPSA) is 63.3 Å². The Morgan fingerprint density at radius 3 is 2.82 bits per heavy atom. The summed E-state index contributed by atoms with van der Waals surface area (Å²) >= 11 is 0. The van der Waals surface area contributed by atoms with Gasteiger partial charge in [0.25, 0.3) is 0 Å². The third-order valence-corrected chi connectivity index (χ3v) is 2.10. The number of carbonyl (C=O) groups is 1. The number of hydrogen-bond acceptors (Lipinski definition) is 2. The van der Waals surface area contributed by atoms with Gasteiger partial charge in [0.2, 0.25) is 0 Å². The van der Waals surface area contributed by atoms with Crippen molar-refractivity contribution in [2.24, 2.45) is 11.7 Å². The van der Waals surface area contributed by atoms with Crippen molar-refractivity contribution in [3.05, 3.63) is 11.3 Å². The number of allylic oxidation sites excluding steroid dienone is 1. The number of rotatable bonds is 1. The Hall–Kier alpha value is -0.990. The second kappa shape index (κ2) is 2.95. The van der Waals surface area contributed by atoms with Crippen molar-refractivity contribution >= 4 is 5.97 Å². The van der Waals surface area contributed by atoms with E-state index >= 15 is 0 Å². The molecule has 1 aliphatic rings. The van der Waals surface area contributed by atoms with Crippen molar-refractivity contribution < 1.29 is 9.90 Å². The standard InChI is InChI=1S/C8H13NO2/c1-5-2-3-7(9)6(4-5)8(10)11/h5H,2-4,9H2,1H3,(H,10,11). The molecule has 0 aromatic rings. The summed E-state index contributed by atoms with van der Waals surface area (Å²) in [5.41, 5.74) is 6.53. The van der Waals surface area contributed by atoms with E-state index in [4.69, 9.17) is 10.8 Å². The molecule has 0 bridgehead atoms. The zero-order valence-corrected chi connectivity index (χ0v) is 6.63. The number of nitrogens with two attached hydrogens (primary N) is 1. The maximum absolute atomic E-state index is 10.6. The van der Waals surface area contributed by atoms with E-state index in [1.807, 2.05) is 0 Å². The molecule has 1 atom stereocenters. The number of carboxylic acid groups (broad SMARTS) is 1. The SMILES string of the molecule is CC1CCC(N)=C(C(=O)O)C1. The molecule has 1 rings (SSSR count). The van der Waals surface area contributed by atoms with Crippen molar-refractivity contribution in [2.45, 2.75) is 26.2 Å². The lowest BCUT2D eigenvalue weighted by molar-refractivity contribution is -0.133. The van der Waals surface area contributed by atoms with Gasteiger partial charge < -0.3 is 10.8 Å². The molecule has 3 heteroatoms. The van der Waals surface area contributed by atoms with Crippen LogP contribution in [0.1, 0.15) is 26.2 Å². The van der Waals surface area contributed by atoms with Gasteiger partial charge in [0.05, 0.1) is 5.57 Å². The van der Waals surface area contributed by atoms with E-state index in [2.05, 4.69) is 6.92 Å². The minimum Gasteiger partial charge on any atom is -0.478 e. The van der Waals surface area contributed by atoms with E-state index in [0.717, 1.165) is 12.8 Å². The Kier molecular flexibility index (Phi) is 2.17. The molecule has 0 spiro atoms. The van der Waals surface area contributed by atoms with Gasteiger partial charge in [-0.3, -0.25) is 0 Å². The Labute approximate surface area is 65.9 Å². The molecule has 0 amide bonds. The van der Waals surface area contributed by atoms with Gasteiger partial charge in [0.15, 0.2) is 0 Å². The average Bonchev–Trinajstić information content (AvgIpc) is 1.94. The van der Waals surface area contributed by atoms with Crippen molar-refractivity contribution in [1.29, 1.82) is 0 Å². The Balaban J connectivity index is 2.80. The molecular formula is C8H13NO2. The van der Waals surface area contributed by atoms with Crippen LogP contribution in [0.3, 0.4) is 0 Å². The fraction of sp³-hybridized carbons (Fsp3) is 0.625. The molecule has 0 radical (unpaired) electrons. The van der Waals surface area contributed by atoms with Crippen LogP contribution in [-0.4, -0.2) is 11.1 Å². The Bertz CT molecular complexity index is 208. The molecule has 0 fully saturated rings. The smallest absolute Gasteiger partial charge is 0.333 e. The van der Waals surface area contributed by atoms with Crippen LogP contribution < -0.4 is 5.73 Å². The van der Waals surface area contributed by atoms with Crippen LogP contribution in [0.25, 0.3) is 0 Å². The highest BCUT2D eigenvalue weighted by Gasteiger charge is 2.20. The molecule has 1 unspecified atom stereocenters. The van der Waals surface area contributed by atoms with Crippen molar-refractivity contribution in [2.75, 3.05) is 0 Å². The van der Waals surface area contributed by atoms with E-state index in [1.54, 1.807) is 0 Å². The maximum atomic E-state index is 10.6. The highest BCUT2D eigenvalue weighted by Crippen LogP contribution is 2.26. The second-order valence-electron chi connectivity index (χ2n) is 3.16. The average molecular weight is 155 g/mol. The van der Waals surface area contributed by atoms with Crippen LogP contribution in [0.5, 0.6) is 0 Å². The summed E-state index contributed by atoms with van der Waals surface area (Å²) in [7, 11) is 0. The normalized spacial score (nSPS) is 25.4. The molecule has 0 saturated carbocycles. The minimum absolute atomic E-state index is 0.420. The molecule has 0 aromatic carbocycles. The van der Waals surface area contributed by atoms with Gasteiger partial charge in [0.1, 0.15) is 0 Å². The molecule has 0 saturated heterocycles. The van der Waals surface area contributed by atoms with Crippen LogP contribution >= 0.6 is 0 Å². The highest BCUT2D eigenvalue weighted by molar-refractivity contribution is 5.87. The number of carboxylic acids is 1. The lowest BCUT2D eigenvalue weighted by Gasteiger charge is -2.19. The van der Waals surface area contributed by atoms with Gasteiger partial charge in [-0.05, 0) is 25.2 Å². The summed E-state index contributed by atoms with van der Waals surface area (Å²) in [4.78, 5) is 10.6. The predicted octanol–water partition coefficient (Wildman–Crippen LogP) is 1.10. The highest BCUT2D eigenvalue weighted by atomic mass is 16.4. The molecule has 0 aliphatic heterocycles. The summed E-state index contributed by atoms with van der Waals surface area (Å²) in [6.07, 6.45) is 2.38. The first-order valence-electron chi connectivity index (χ1n) is 3.82. The molecule has 0 aromatic heterocycles. The first kappa shape index (κ1) is 8.11. The molecule has 11 heavy (non-hydrogen) atoms. The summed E-state index contributed by atoms with van der Waals surface area (Å²) in [6.45, 7) is 2.05. The van der Waals surface area contributed by atoms with E-state index in [-0.39, 0.29) is 0 Å². The van der Waals surface area contributed by atoms with Crippen LogP contribution in [0.15, 0.2) is 11.3 Å². The Morgan fingerprint density at radius 1 is 1.73 bits per heavy atom. The van der Waals surface area contributed by atoms with E-state index < -0.39 is 5.97 Å².